The summed E-state index contributed by atoms with van der Waals surface area (Å²) in [4.78, 5) is 13.1. The van der Waals surface area contributed by atoms with E-state index in [4.69, 9.17) is 0 Å². The van der Waals surface area contributed by atoms with E-state index in [0.29, 0.717) is 5.25 Å². The van der Waals surface area contributed by atoms with Gasteiger partial charge in [0.2, 0.25) is 0 Å². The van der Waals surface area contributed by atoms with Crippen LogP contribution >= 0.6 is 11.8 Å². The molecule has 13 heavy (non-hydrogen) atoms. The maximum Gasteiger partial charge on any atom is 0.320 e. The van der Waals surface area contributed by atoms with Gasteiger partial charge in [0.1, 0.15) is 6.23 Å². The summed E-state index contributed by atoms with van der Waals surface area (Å²) in [5.41, 5.74) is 0. The fraction of sp³-hybridized carbons (Fsp3) is 0.875. The first-order chi connectivity index (χ1) is 6.27. The van der Waals surface area contributed by atoms with Crippen LogP contribution in [0.2, 0.25) is 0 Å². The number of amides is 2. The standard InChI is InChI=1S/C8H12N2O2S/c11-6-2-1-5-7-4(3-13-5)9-8(12)10(6)7/h4-7,11H,1-3H2,(H,9,12). The Balaban J connectivity index is 1.95. The van der Waals surface area contributed by atoms with Crippen molar-refractivity contribution in [3.05, 3.63) is 0 Å². The predicted octanol–water partition coefficient (Wildman–Crippen LogP) is -0.0236. The summed E-state index contributed by atoms with van der Waals surface area (Å²) >= 11 is 1.93. The van der Waals surface area contributed by atoms with Gasteiger partial charge in [-0.1, -0.05) is 0 Å². The highest BCUT2D eigenvalue weighted by molar-refractivity contribution is 8.00. The van der Waals surface area contributed by atoms with E-state index in [1.54, 1.807) is 4.90 Å². The molecule has 3 fully saturated rings. The number of urea groups is 1. The molecule has 4 atom stereocenters. The van der Waals surface area contributed by atoms with Crippen molar-refractivity contribution in [2.24, 2.45) is 0 Å². The average Bonchev–Trinajstić information content (AvgIpc) is 2.61. The van der Waals surface area contributed by atoms with Gasteiger partial charge in [-0.05, 0) is 12.8 Å². The molecule has 4 unspecified atom stereocenters. The number of aliphatic hydroxyl groups is 1. The number of nitrogens with zero attached hydrogens (tertiary/aromatic N) is 1. The van der Waals surface area contributed by atoms with E-state index in [1.807, 2.05) is 11.8 Å². The van der Waals surface area contributed by atoms with Crippen LogP contribution in [0.1, 0.15) is 12.8 Å². The smallest absolute Gasteiger partial charge is 0.320 e. The van der Waals surface area contributed by atoms with E-state index < -0.39 is 6.23 Å². The monoisotopic (exact) mass is 200 g/mol. The molecule has 3 heterocycles. The first kappa shape index (κ1) is 7.94. The highest BCUT2D eigenvalue weighted by Gasteiger charge is 2.52. The van der Waals surface area contributed by atoms with Gasteiger partial charge in [-0.3, -0.25) is 4.90 Å². The van der Waals surface area contributed by atoms with Gasteiger partial charge in [0.15, 0.2) is 0 Å². The number of nitrogens with one attached hydrogen (secondary N) is 1. The summed E-state index contributed by atoms with van der Waals surface area (Å²) in [6.07, 6.45) is 1.22. The van der Waals surface area contributed by atoms with Crippen molar-refractivity contribution in [2.75, 3.05) is 5.75 Å². The van der Waals surface area contributed by atoms with Crippen LogP contribution in [0.5, 0.6) is 0 Å². The number of carbonyl (C=O) groups is 1. The molecule has 3 aliphatic rings. The normalized spacial score (nSPS) is 47.8. The maximum atomic E-state index is 11.5. The van der Waals surface area contributed by atoms with Gasteiger partial charge >= 0.3 is 6.03 Å². The van der Waals surface area contributed by atoms with Crippen molar-refractivity contribution in [1.29, 1.82) is 0 Å². The fourth-order valence-electron chi connectivity index (χ4n) is 2.59. The second-order valence-corrected chi connectivity index (χ2v) is 5.16. The fourth-order valence-corrected chi connectivity index (χ4v) is 4.15. The Morgan fingerprint density at radius 3 is 3.23 bits per heavy atom. The zero-order valence-corrected chi connectivity index (χ0v) is 7.96. The molecule has 5 heteroatoms. The lowest BCUT2D eigenvalue weighted by atomic mass is 9.98. The van der Waals surface area contributed by atoms with Crippen molar-refractivity contribution in [3.63, 3.8) is 0 Å². The first-order valence-corrected chi connectivity index (χ1v) is 5.71. The highest BCUT2D eigenvalue weighted by atomic mass is 32.2. The second kappa shape index (κ2) is 2.54. The number of piperidine rings is 1. The predicted molar refractivity (Wildman–Crippen MR) is 49.4 cm³/mol. The summed E-state index contributed by atoms with van der Waals surface area (Å²) in [6, 6.07) is 0.450. The Morgan fingerprint density at radius 1 is 1.54 bits per heavy atom. The molecule has 0 aromatic rings. The van der Waals surface area contributed by atoms with E-state index >= 15 is 0 Å². The first-order valence-electron chi connectivity index (χ1n) is 4.66. The summed E-state index contributed by atoms with van der Waals surface area (Å²) in [5, 5.41) is 13.1. The van der Waals surface area contributed by atoms with Crippen molar-refractivity contribution in [2.45, 2.75) is 36.4 Å². The molecule has 3 aliphatic heterocycles. The van der Waals surface area contributed by atoms with Crippen molar-refractivity contribution in [1.82, 2.24) is 10.2 Å². The Labute approximate surface area is 80.7 Å². The Hall–Kier alpha value is -0.420. The topological polar surface area (TPSA) is 52.6 Å². The van der Waals surface area contributed by atoms with Gasteiger partial charge < -0.3 is 10.4 Å². The van der Waals surface area contributed by atoms with Crippen LogP contribution < -0.4 is 5.32 Å². The zero-order chi connectivity index (χ0) is 9.00. The number of hydrogen-bond donors (Lipinski definition) is 2. The van der Waals surface area contributed by atoms with Gasteiger partial charge in [0, 0.05) is 11.0 Å². The molecular formula is C8H12N2O2S. The van der Waals surface area contributed by atoms with Gasteiger partial charge in [-0.15, -0.1) is 0 Å². The molecule has 0 aromatic heterocycles. The lowest BCUT2D eigenvalue weighted by Crippen LogP contribution is -2.50. The number of aliphatic hydroxyl groups excluding tert-OH is 1. The molecule has 0 bridgehead atoms. The quantitative estimate of drug-likeness (QED) is 0.540. The van der Waals surface area contributed by atoms with Crippen LogP contribution in [-0.4, -0.2) is 45.4 Å². The molecule has 0 spiro atoms. The Morgan fingerprint density at radius 2 is 2.38 bits per heavy atom. The maximum absolute atomic E-state index is 11.5. The molecule has 3 saturated heterocycles. The molecule has 0 aliphatic carbocycles. The largest absolute Gasteiger partial charge is 0.373 e. The lowest BCUT2D eigenvalue weighted by molar-refractivity contribution is -0.00801. The molecule has 4 nitrogen and oxygen atoms in total. The van der Waals surface area contributed by atoms with Crippen LogP contribution in [0, 0.1) is 0 Å². The lowest BCUT2D eigenvalue weighted by Gasteiger charge is -2.36. The van der Waals surface area contributed by atoms with E-state index in [0.717, 1.165) is 18.6 Å². The third kappa shape index (κ3) is 0.942. The van der Waals surface area contributed by atoms with Gasteiger partial charge in [-0.2, -0.15) is 11.8 Å². The summed E-state index contributed by atoms with van der Waals surface area (Å²) in [5.74, 6) is 1.00. The van der Waals surface area contributed by atoms with Gasteiger partial charge in [0.05, 0.1) is 12.1 Å². The van der Waals surface area contributed by atoms with Gasteiger partial charge in [-0.25, -0.2) is 4.79 Å². The van der Waals surface area contributed by atoms with E-state index in [2.05, 4.69) is 5.32 Å². The molecule has 0 aromatic carbocycles. The number of thioether (sulfide) groups is 1. The summed E-state index contributed by atoms with van der Waals surface area (Å²) in [6.45, 7) is 0. The second-order valence-electron chi connectivity index (χ2n) is 3.88. The van der Waals surface area contributed by atoms with Crippen LogP contribution in [-0.2, 0) is 0 Å². The minimum Gasteiger partial charge on any atom is -0.373 e. The number of rotatable bonds is 0. The van der Waals surface area contributed by atoms with Gasteiger partial charge in [0.25, 0.3) is 0 Å². The minimum absolute atomic E-state index is 0.0764. The van der Waals surface area contributed by atoms with Crippen molar-refractivity contribution < 1.29 is 9.90 Å². The summed E-state index contributed by atoms with van der Waals surface area (Å²) < 4.78 is 0. The zero-order valence-electron chi connectivity index (χ0n) is 7.14. The van der Waals surface area contributed by atoms with Crippen molar-refractivity contribution in [3.8, 4) is 0 Å². The molecular weight excluding hydrogens is 188 g/mol. The molecule has 2 amide bonds. The molecule has 3 rings (SSSR count). The highest BCUT2D eigenvalue weighted by Crippen LogP contribution is 2.41. The van der Waals surface area contributed by atoms with E-state index in [-0.39, 0.29) is 18.1 Å². The minimum atomic E-state index is -0.551. The molecule has 0 saturated carbocycles. The van der Waals surface area contributed by atoms with Crippen LogP contribution in [0.25, 0.3) is 0 Å². The Kier molecular flexibility index (Phi) is 1.55. The summed E-state index contributed by atoms with van der Waals surface area (Å²) in [7, 11) is 0. The van der Waals surface area contributed by atoms with E-state index in [1.165, 1.54) is 0 Å². The SMILES string of the molecule is O=C1NC2CSC3CCC(O)N1C23. The third-order valence-corrected chi connectivity index (χ3v) is 4.67. The number of carbonyl (C=O) groups excluding carboxylic acids is 1. The molecule has 2 N–H and O–H groups in total. The van der Waals surface area contributed by atoms with Crippen LogP contribution in [0.3, 0.4) is 0 Å². The third-order valence-electron chi connectivity index (χ3n) is 3.18. The Bertz CT molecular complexity index is 261. The van der Waals surface area contributed by atoms with Crippen LogP contribution in [0.4, 0.5) is 4.79 Å². The molecule has 72 valence electrons. The molecule has 0 radical (unpaired) electrons. The average molecular weight is 200 g/mol. The number of hydrogen-bond acceptors (Lipinski definition) is 3. The van der Waals surface area contributed by atoms with Crippen molar-refractivity contribution >= 4 is 17.8 Å². The van der Waals surface area contributed by atoms with Crippen LogP contribution in [0.15, 0.2) is 0 Å². The van der Waals surface area contributed by atoms with E-state index in [9.17, 15) is 9.90 Å².